The van der Waals surface area contributed by atoms with Gasteiger partial charge in [0.15, 0.2) is 0 Å². The van der Waals surface area contributed by atoms with Crippen molar-refractivity contribution in [3.05, 3.63) is 71.8 Å². The average molecular weight is 395 g/mol. The van der Waals surface area contributed by atoms with Crippen molar-refractivity contribution in [1.29, 1.82) is 0 Å². The summed E-state index contributed by atoms with van der Waals surface area (Å²) in [6.45, 7) is 10.2. The molecule has 0 saturated heterocycles. The highest BCUT2D eigenvalue weighted by molar-refractivity contribution is 6.51. The molecule has 3 rings (SSSR count). The number of halogens is 1. The lowest BCUT2D eigenvalue weighted by Crippen LogP contribution is -2.22. The van der Waals surface area contributed by atoms with Crippen molar-refractivity contribution >= 4 is 33.5 Å². The van der Waals surface area contributed by atoms with Gasteiger partial charge in [-0.3, -0.25) is 0 Å². The highest BCUT2D eigenvalue weighted by atomic mass is 35.5. The van der Waals surface area contributed by atoms with Gasteiger partial charge in [0.1, 0.15) is 17.1 Å². The Bertz CT molecular complexity index is 980. The quantitative estimate of drug-likeness (QED) is 0.416. The van der Waals surface area contributed by atoms with Crippen LogP contribution in [0.4, 0.5) is 0 Å². The van der Waals surface area contributed by atoms with Gasteiger partial charge in [0.25, 0.3) is 0 Å². The standard InChI is InChI=1S/C25H27ClO2/c1-17(2)27-22-11-6-18(7-12-22)14-24(26)21-9-8-20-16-23(28-25(3,4)5)13-10-19(20)15-21/h6-17H,1-5H3/b24-14-. The Morgan fingerprint density at radius 3 is 2.11 bits per heavy atom. The van der Waals surface area contributed by atoms with Crippen molar-refractivity contribution in [2.75, 3.05) is 0 Å². The summed E-state index contributed by atoms with van der Waals surface area (Å²) >= 11 is 6.59. The fourth-order valence-corrected chi connectivity index (χ4v) is 3.18. The van der Waals surface area contributed by atoms with Crippen LogP contribution in [-0.2, 0) is 0 Å². The first-order valence-corrected chi connectivity index (χ1v) is 9.94. The summed E-state index contributed by atoms with van der Waals surface area (Å²) in [6.07, 6.45) is 2.13. The number of fused-ring (bicyclic) bond motifs is 1. The van der Waals surface area contributed by atoms with E-state index in [0.29, 0.717) is 5.03 Å². The fourth-order valence-electron chi connectivity index (χ4n) is 2.93. The molecule has 2 nitrogen and oxygen atoms in total. The Hall–Kier alpha value is -2.45. The van der Waals surface area contributed by atoms with Crippen LogP contribution < -0.4 is 9.47 Å². The molecule has 0 bridgehead atoms. The lowest BCUT2D eigenvalue weighted by molar-refractivity contribution is 0.131. The summed E-state index contributed by atoms with van der Waals surface area (Å²) < 4.78 is 11.6. The van der Waals surface area contributed by atoms with Crippen molar-refractivity contribution in [1.82, 2.24) is 0 Å². The van der Waals surface area contributed by atoms with E-state index in [-0.39, 0.29) is 11.7 Å². The van der Waals surface area contributed by atoms with Gasteiger partial charge in [-0.1, -0.05) is 41.9 Å². The van der Waals surface area contributed by atoms with Gasteiger partial charge < -0.3 is 9.47 Å². The highest BCUT2D eigenvalue weighted by Gasteiger charge is 2.12. The summed E-state index contributed by atoms with van der Waals surface area (Å²) in [5.41, 5.74) is 1.81. The summed E-state index contributed by atoms with van der Waals surface area (Å²) in [4.78, 5) is 0. The molecule has 0 aliphatic rings. The largest absolute Gasteiger partial charge is 0.491 e. The maximum atomic E-state index is 6.59. The lowest BCUT2D eigenvalue weighted by atomic mass is 10.0. The van der Waals surface area contributed by atoms with Gasteiger partial charge in [-0.25, -0.2) is 0 Å². The van der Waals surface area contributed by atoms with Crippen molar-refractivity contribution in [3.8, 4) is 11.5 Å². The molecular weight excluding hydrogens is 368 g/mol. The molecule has 3 aromatic rings. The molecule has 0 radical (unpaired) electrons. The van der Waals surface area contributed by atoms with Gasteiger partial charge in [0.2, 0.25) is 0 Å². The molecule has 0 fully saturated rings. The minimum atomic E-state index is -0.213. The van der Waals surface area contributed by atoms with Gasteiger partial charge in [-0.2, -0.15) is 0 Å². The number of hydrogen-bond donors (Lipinski definition) is 0. The van der Waals surface area contributed by atoms with Crippen LogP contribution in [0.1, 0.15) is 45.7 Å². The van der Waals surface area contributed by atoms with E-state index < -0.39 is 0 Å². The predicted molar refractivity (Wildman–Crippen MR) is 120 cm³/mol. The van der Waals surface area contributed by atoms with Gasteiger partial charge in [-0.05, 0) is 92.9 Å². The van der Waals surface area contributed by atoms with E-state index in [1.807, 2.05) is 77.1 Å². The van der Waals surface area contributed by atoms with E-state index in [9.17, 15) is 0 Å². The fraction of sp³-hybridized carbons (Fsp3) is 0.280. The number of ether oxygens (including phenoxy) is 2. The lowest BCUT2D eigenvalue weighted by Gasteiger charge is -2.21. The zero-order chi connectivity index (χ0) is 20.3. The van der Waals surface area contributed by atoms with E-state index in [1.54, 1.807) is 0 Å². The summed E-state index contributed by atoms with van der Waals surface area (Å²) in [7, 11) is 0. The number of benzene rings is 3. The number of rotatable bonds is 5. The van der Waals surface area contributed by atoms with Crippen LogP contribution in [-0.4, -0.2) is 11.7 Å². The summed E-state index contributed by atoms with van der Waals surface area (Å²) in [6, 6.07) is 20.3. The average Bonchev–Trinajstić information content (AvgIpc) is 2.61. The van der Waals surface area contributed by atoms with Crippen LogP contribution in [0.2, 0.25) is 0 Å². The van der Waals surface area contributed by atoms with Crippen molar-refractivity contribution in [3.63, 3.8) is 0 Å². The second-order valence-electron chi connectivity index (χ2n) is 8.17. The SMILES string of the molecule is CC(C)Oc1ccc(/C=C(\Cl)c2ccc3cc(OC(C)(C)C)ccc3c2)cc1. The molecule has 0 atom stereocenters. The Labute approximate surface area is 172 Å². The third kappa shape index (κ3) is 5.53. The highest BCUT2D eigenvalue weighted by Crippen LogP contribution is 2.29. The molecule has 0 amide bonds. The zero-order valence-corrected chi connectivity index (χ0v) is 17.9. The molecule has 0 saturated carbocycles. The van der Waals surface area contributed by atoms with Crippen LogP contribution in [0, 0.1) is 0 Å². The molecule has 0 aliphatic heterocycles. The third-order valence-electron chi connectivity index (χ3n) is 4.06. The Morgan fingerprint density at radius 2 is 1.46 bits per heavy atom. The van der Waals surface area contributed by atoms with Gasteiger partial charge in [-0.15, -0.1) is 0 Å². The molecule has 0 spiro atoms. The van der Waals surface area contributed by atoms with Crippen LogP contribution >= 0.6 is 11.6 Å². The van der Waals surface area contributed by atoms with E-state index in [0.717, 1.165) is 33.4 Å². The van der Waals surface area contributed by atoms with Gasteiger partial charge in [0.05, 0.1) is 6.10 Å². The Balaban J connectivity index is 1.82. The molecule has 0 N–H and O–H groups in total. The first-order chi connectivity index (χ1) is 13.2. The molecule has 0 heterocycles. The molecule has 146 valence electrons. The Morgan fingerprint density at radius 1 is 0.857 bits per heavy atom. The predicted octanol–water partition coefficient (Wildman–Crippen LogP) is 7.54. The minimum Gasteiger partial charge on any atom is -0.491 e. The molecular formula is C25H27ClO2. The zero-order valence-electron chi connectivity index (χ0n) is 17.1. The third-order valence-corrected chi connectivity index (χ3v) is 4.38. The maximum Gasteiger partial charge on any atom is 0.120 e. The molecule has 3 aromatic carbocycles. The minimum absolute atomic E-state index is 0.164. The second kappa shape index (κ2) is 8.28. The van der Waals surface area contributed by atoms with Gasteiger partial charge >= 0.3 is 0 Å². The first-order valence-electron chi connectivity index (χ1n) is 9.57. The van der Waals surface area contributed by atoms with Crippen molar-refractivity contribution in [2.24, 2.45) is 0 Å². The Kier molecular flexibility index (Phi) is 6.00. The maximum absolute atomic E-state index is 6.59. The van der Waals surface area contributed by atoms with Crippen LogP contribution in [0.25, 0.3) is 21.9 Å². The summed E-state index contributed by atoms with van der Waals surface area (Å²) in [5, 5.41) is 2.96. The number of hydrogen-bond acceptors (Lipinski definition) is 2. The molecule has 3 heteroatoms. The van der Waals surface area contributed by atoms with E-state index in [4.69, 9.17) is 21.1 Å². The molecule has 0 aromatic heterocycles. The summed E-state index contributed by atoms with van der Waals surface area (Å²) in [5.74, 6) is 1.74. The van der Waals surface area contributed by atoms with E-state index in [1.165, 1.54) is 0 Å². The normalized spacial score (nSPS) is 12.5. The van der Waals surface area contributed by atoms with Crippen LogP contribution in [0.15, 0.2) is 60.7 Å². The van der Waals surface area contributed by atoms with Crippen molar-refractivity contribution < 1.29 is 9.47 Å². The van der Waals surface area contributed by atoms with Gasteiger partial charge in [0, 0.05) is 5.03 Å². The first kappa shape index (κ1) is 20.3. The molecule has 28 heavy (non-hydrogen) atoms. The second-order valence-corrected chi connectivity index (χ2v) is 8.57. The topological polar surface area (TPSA) is 18.5 Å². The monoisotopic (exact) mass is 394 g/mol. The van der Waals surface area contributed by atoms with E-state index >= 15 is 0 Å². The van der Waals surface area contributed by atoms with Crippen molar-refractivity contribution in [2.45, 2.75) is 46.3 Å². The van der Waals surface area contributed by atoms with E-state index in [2.05, 4.69) is 24.3 Å². The van der Waals surface area contributed by atoms with Crippen LogP contribution in [0.5, 0.6) is 11.5 Å². The van der Waals surface area contributed by atoms with Crippen LogP contribution in [0.3, 0.4) is 0 Å². The smallest absolute Gasteiger partial charge is 0.120 e. The molecule has 0 unspecified atom stereocenters. The molecule has 0 aliphatic carbocycles.